The maximum atomic E-state index is 12.9. The molecule has 6 nitrogen and oxygen atoms in total. The molecular weight excluding hydrogens is 997 g/mol. The molecular formula is C75H120O6. The Morgan fingerprint density at radius 3 is 0.765 bits per heavy atom. The lowest BCUT2D eigenvalue weighted by Gasteiger charge is -2.18. The van der Waals surface area contributed by atoms with Gasteiger partial charge in [0.15, 0.2) is 6.10 Å². The molecule has 81 heavy (non-hydrogen) atoms. The van der Waals surface area contributed by atoms with Crippen LogP contribution in [0.4, 0.5) is 0 Å². The quantitative estimate of drug-likeness (QED) is 0.0261. The fourth-order valence-corrected chi connectivity index (χ4v) is 8.62. The van der Waals surface area contributed by atoms with Crippen molar-refractivity contribution in [3.8, 4) is 0 Å². The lowest BCUT2D eigenvalue weighted by Crippen LogP contribution is -2.30. The van der Waals surface area contributed by atoms with Crippen molar-refractivity contribution in [1.29, 1.82) is 0 Å². The summed E-state index contributed by atoms with van der Waals surface area (Å²) >= 11 is 0. The van der Waals surface area contributed by atoms with Crippen molar-refractivity contribution in [3.63, 3.8) is 0 Å². The first-order valence-corrected chi connectivity index (χ1v) is 33.0. The average Bonchev–Trinajstić information content (AvgIpc) is 3.47. The summed E-state index contributed by atoms with van der Waals surface area (Å²) in [5.41, 5.74) is 0. The van der Waals surface area contributed by atoms with E-state index in [9.17, 15) is 14.4 Å². The molecule has 0 N–H and O–H groups in total. The van der Waals surface area contributed by atoms with Crippen LogP contribution in [0, 0.1) is 0 Å². The molecule has 0 amide bonds. The first-order chi connectivity index (χ1) is 40.0. The number of carbonyl (C=O) groups is 3. The fourth-order valence-electron chi connectivity index (χ4n) is 8.62. The average molecular weight is 1120 g/mol. The largest absolute Gasteiger partial charge is 0.462 e. The third kappa shape index (κ3) is 65.7. The molecule has 1 atom stereocenters. The minimum Gasteiger partial charge on any atom is -0.462 e. The molecule has 1 unspecified atom stereocenters. The van der Waals surface area contributed by atoms with Crippen molar-refractivity contribution in [1.82, 2.24) is 0 Å². The summed E-state index contributed by atoms with van der Waals surface area (Å²) in [5.74, 6) is -0.955. The molecule has 0 saturated carbocycles. The van der Waals surface area contributed by atoms with Crippen molar-refractivity contribution in [2.45, 2.75) is 284 Å². The second-order valence-electron chi connectivity index (χ2n) is 21.3. The van der Waals surface area contributed by atoms with Gasteiger partial charge in [-0.05, 0) is 148 Å². The Labute approximate surface area is 499 Å². The summed E-state index contributed by atoms with van der Waals surface area (Å²) in [6.07, 6.45) is 98.1. The summed E-state index contributed by atoms with van der Waals surface area (Å²) < 4.78 is 16.9. The maximum Gasteiger partial charge on any atom is 0.306 e. The highest BCUT2D eigenvalue weighted by Gasteiger charge is 2.19. The summed E-state index contributed by atoms with van der Waals surface area (Å²) in [5, 5.41) is 0. The number of ether oxygens (including phenoxy) is 3. The van der Waals surface area contributed by atoms with Crippen LogP contribution in [0.3, 0.4) is 0 Å². The Kier molecular flexibility index (Phi) is 63.4. The monoisotopic (exact) mass is 1120 g/mol. The van der Waals surface area contributed by atoms with Gasteiger partial charge >= 0.3 is 17.9 Å². The van der Waals surface area contributed by atoms with Crippen molar-refractivity contribution in [2.24, 2.45) is 0 Å². The Bertz CT molecular complexity index is 1810. The van der Waals surface area contributed by atoms with Gasteiger partial charge in [0, 0.05) is 19.3 Å². The van der Waals surface area contributed by atoms with Crippen molar-refractivity contribution in [2.75, 3.05) is 13.2 Å². The van der Waals surface area contributed by atoms with Gasteiger partial charge in [-0.15, -0.1) is 0 Å². The predicted molar refractivity (Wildman–Crippen MR) is 352 cm³/mol. The van der Waals surface area contributed by atoms with E-state index in [0.29, 0.717) is 19.3 Å². The van der Waals surface area contributed by atoms with Crippen LogP contribution < -0.4 is 0 Å². The summed E-state index contributed by atoms with van der Waals surface area (Å²) in [6.45, 7) is 6.35. The number of esters is 3. The zero-order valence-electron chi connectivity index (χ0n) is 52.2. The van der Waals surface area contributed by atoms with Gasteiger partial charge in [0.25, 0.3) is 0 Å². The Morgan fingerprint density at radius 2 is 0.481 bits per heavy atom. The number of hydrogen-bond acceptors (Lipinski definition) is 6. The minimum absolute atomic E-state index is 0.104. The molecule has 0 fully saturated rings. The SMILES string of the molecule is CC/C=C\C/C=C\C/C=C\C/C=C\C/C=C\C/C=C\C/C=C\CCCCCC(=O)OCC(COC(=O)CCCCCCC/C=C\C/C=C\CCCCC)OC(=O)CCCCCCCCCCCC/C=C\C/C=C\C/C=C\C/C=C\CC. The lowest BCUT2D eigenvalue weighted by atomic mass is 10.0. The van der Waals surface area contributed by atoms with Gasteiger partial charge in [-0.25, -0.2) is 0 Å². The van der Waals surface area contributed by atoms with Crippen LogP contribution >= 0.6 is 0 Å². The number of unbranched alkanes of at least 4 members (excludes halogenated alkanes) is 21. The fraction of sp³-hybridized carbons (Fsp3) is 0.613. The van der Waals surface area contributed by atoms with Crippen LogP contribution in [-0.2, 0) is 28.6 Å². The third-order valence-electron chi connectivity index (χ3n) is 13.5. The highest BCUT2D eigenvalue weighted by atomic mass is 16.6. The van der Waals surface area contributed by atoms with E-state index in [1.165, 1.54) is 77.0 Å². The molecule has 6 heteroatoms. The highest BCUT2D eigenvalue weighted by molar-refractivity contribution is 5.71. The molecule has 0 bridgehead atoms. The number of rotatable bonds is 58. The molecule has 0 radical (unpaired) electrons. The van der Waals surface area contributed by atoms with Gasteiger partial charge in [0.1, 0.15) is 13.2 Å². The van der Waals surface area contributed by atoms with Gasteiger partial charge < -0.3 is 14.2 Å². The van der Waals surface area contributed by atoms with Gasteiger partial charge in [-0.1, -0.05) is 269 Å². The first kappa shape index (κ1) is 76.0. The Hall–Kier alpha value is -4.97. The van der Waals surface area contributed by atoms with Crippen LogP contribution in [0.1, 0.15) is 278 Å². The van der Waals surface area contributed by atoms with Crippen molar-refractivity contribution in [3.05, 3.63) is 158 Å². The molecule has 0 aromatic heterocycles. The van der Waals surface area contributed by atoms with Crippen LogP contribution in [0.5, 0.6) is 0 Å². The Morgan fingerprint density at radius 1 is 0.259 bits per heavy atom. The van der Waals surface area contributed by atoms with Gasteiger partial charge in [-0.2, -0.15) is 0 Å². The second kappa shape index (κ2) is 67.5. The zero-order chi connectivity index (χ0) is 58.5. The third-order valence-corrected chi connectivity index (χ3v) is 13.5. The van der Waals surface area contributed by atoms with E-state index in [1.54, 1.807) is 0 Å². The molecule has 0 spiro atoms. The van der Waals surface area contributed by atoms with Gasteiger partial charge in [0.05, 0.1) is 0 Å². The smallest absolute Gasteiger partial charge is 0.306 e. The number of carbonyl (C=O) groups excluding carboxylic acids is 3. The van der Waals surface area contributed by atoms with Crippen LogP contribution in [0.15, 0.2) is 158 Å². The van der Waals surface area contributed by atoms with E-state index in [2.05, 4.69) is 179 Å². The first-order valence-electron chi connectivity index (χ1n) is 33.0. The molecule has 0 saturated heterocycles. The zero-order valence-corrected chi connectivity index (χ0v) is 52.2. The van der Waals surface area contributed by atoms with Gasteiger partial charge in [-0.3, -0.25) is 14.4 Å². The molecule has 0 aliphatic heterocycles. The van der Waals surface area contributed by atoms with Crippen LogP contribution in [0.25, 0.3) is 0 Å². The number of hydrogen-bond donors (Lipinski definition) is 0. The number of allylic oxidation sites excluding steroid dienone is 26. The minimum atomic E-state index is -0.810. The summed E-state index contributed by atoms with van der Waals surface area (Å²) in [7, 11) is 0. The predicted octanol–water partition coefficient (Wildman–Crippen LogP) is 22.9. The van der Waals surface area contributed by atoms with E-state index < -0.39 is 6.10 Å². The molecule has 0 aromatic rings. The van der Waals surface area contributed by atoms with Crippen molar-refractivity contribution >= 4 is 17.9 Å². The van der Waals surface area contributed by atoms with Crippen LogP contribution in [-0.4, -0.2) is 37.2 Å². The molecule has 456 valence electrons. The molecule has 0 aliphatic rings. The highest BCUT2D eigenvalue weighted by Crippen LogP contribution is 2.15. The maximum absolute atomic E-state index is 12.9. The Balaban J connectivity index is 4.48. The van der Waals surface area contributed by atoms with E-state index >= 15 is 0 Å². The van der Waals surface area contributed by atoms with E-state index in [1.807, 2.05) is 0 Å². The summed E-state index contributed by atoms with van der Waals surface area (Å²) in [4.78, 5) is 38.4. The lowest BCUT2D eigenvalue weighted by molar-refractivity contribution is -0.167. The molecule has 0 heterocycles. The standard InChI is InChI=1S/C75H120O6/c1-4-7-10-13-16-19-22-25-28-30-32-34-36-37-39-40-42-44-47-50-53-56-59-62-65-68-74(77)80-71-72(70-79-73(76)67-64-61-58-55-52-49-46-27-24-21-18-15-12-9-6-3)81-75(78)69-66-63-60-57-54-51-48-45-43-41-38-35-33-31-29-26-23-20-17-14-11-8-5-2/h7-8,10-11,16-21,25-29,32-35,37,39,42,44,46,50,53,72H,4-6,9,12-15,22-24,30-31,36,38,40-41,43,45,47-49,51-52,54-71H2,1-3H3/b10-7-,11-8-,19-16-,20-17-,21-18-,28-25-,29-26-,34-32-,35-33-,39-37-,44-42-,46-27-,53-50-. The molecule has 0 aliphatic carbocycles. The molecule has 0 rings (SSSR count). The molecule has 0 aromatic carbocycles. The van der Waals surface area contributed by atoms with E-state index in [0.717, 1.165) is 161 Å². The summed E-state index contributed by atoms with van der Waals surface area (Å²) in [6, 6.07) is 0. The van der Waals surface area contributed by atoms with Crippen LogP contribution in [0.2, 0.25) is 0 Å². The van der Waals surface area contributed by atoms with Gasteiger partial charge in [0.2, 0.25) is 0 Å². The van der Waals surface area contributed by atoms with E-state index in [4.69, 9.17) is 14.2 Å². The van der Waals surface area contributed by atoms with Crippen molar-refractivity contribution < 1.29 is 28.6 Å². The normalized spacial score (nSPS) is 13.2. The second-order valence-corrected chi connectivity index (χ2v) is 21.3. The topological polar surface area (TPSA) is 78.9 Å². The van der Waals surface area contributed by atoms with E-state index in [-0.39, 0.29) is 31.1 Å².